The average molecular weight is 384 g/mol. The number of benzene rings is 2. The number of ether oxygens (including phenoxy) is 2. The van der Waals surface area contributed by atoms with Crippen LogP contribution in [0.3, 0.4) is 0 Å². The third-order valence-corrected chi connectivity index (χ3v) is 4.67. The van der Waals surface area contributed by atoms with Gasteiger partial charge in [-0.3, -0.25) is 0 Å². The van der Waals surface area contributed by atoms with Crippen molar-refractivity contribution in [2.45, 2.75) is 46.4 Å². The summed E-state index contributed by atoms with van der Waals surface area (Å²) in [6, 6.07) is 8.28. The lowest BCUT2D eigenvalue weighted by molar-refractivity contribution is -0.274. The molecule has 7 heteroatoms. The van der Waals surface area contributed by atoms with Crippen LogP contribution in [0.15, 0.2) is 36.4 Å². The van der Waals surface area contributed by atoms with Gasteiger partial charge in [0, 0.05) is 11.6 Å². The van der Waals surface area contributed by atoms with E-state index in [1.807, 2.05) is 27.7 Å². The summed E-state index contributed by atoms with van der Waals surface area (Å²) in [6.07, 6.45) is -0.0713. The standard InChI is InChI=1S/C19H23F3O3Si/c1-11(2)23-19(24-12(3)4)25-26-14-7-5-13(6-8-14)15-9-17(21)18(22)10-16(15)20/h5-12,19H,26H2,1-4H3. The van der Waals surface area contributed by atoms with Crippen LogP contribution in [0, 0.1) is 17.5 Å². The van der Waals surface area contributed by atoms with E-state index in [-0.39, 0.29) is 17.8 Å². The highest BCUT2D eigenvalue weighted by Crippen LogP contribution is 2.24. The Balaban J connectivity index is 2.06. The molecule has 0 N–H and O–H groups in total. The average Bonchev–Trinajstić information content (AvgIpc) is 2.55. The monoisotopic (exact) mass is 384 g/mol. The number of rotatable bonds is 8. The van der Waals surface area contributed by atoms with Crippen molar-refractivity contribution in [3.63, 3.8) is 0 Å². The highest BCUT2D eigenvalue weighted by Gasteiger charge is 2.15. The lowest BCUT2D eigenvalue weighted by atomic mass is 10.1. The summed E-state index contributed by atoms with van der Waals surface area (Å²) in [7, 11) is -1.14. The van der Waals surface area contributed by atoms with Gasteiger partial charge in [0.25, 0.3) is 6.48 Å². The zero-order valence-corrected chi connectivity index (χ0v) is 16.7. The maximum atomic E-state index is 13.9. The molecule has 0 heterocycles. The van der Waals surface area contributed by atoms with Crippen molar-refractivity contribution in [3.05, 3.63) is 53.8 Å². The highest BCUT2D eigenvalue weighted by atomic mass is 28.2. The lowest BCUT2D eigenvalue weighted by Crippen LogP contribution is -2.32. The summed E-state index contributed by atoms with van der Waals surface area (Å²) in [4.78, 5) is 0. The molecule has 0 aliphatic rings. The van der Waals surface area contributed by atoms with Gasteiger partial charge in [0.05, 0.1) is 12.2 Å². The minimum Gasteiger partial charge on any atom is -0.373 e. The van der Waals surface area contributed by atoms with Crippen molar-refractivity contribution >= 4 is 14.9 Å². The number of hydrogen-bond donors (Lipinski definition) is 0. The van der Waals surface area contributed by atoms with Crippen molar-refractivity contribution in [2.75, 3.05) is 0 Å². The first-order chi connectivity index (χ1) is 12.3. The fraction of sp³-hybridized carbons (Fsp3) is 0.368. The minimum atomic E-state index is -1.20. The molecule has 2 aromatic carbocycles. The van der Waals surface area contributed by atoms with Crippen LogP contribution in [-0.2, 0) is 13.9 Å². The second kappa shape index (κ2) is 9.32. The van der Waals surface area contributed by atoms with E-state index in [1.165, 1.54) is 0 Å². The maximum absolute atomic E-state index is 13.9. The Kier molecular flexibility index (Phi) is 7.40. The van der Waals surface area contributed by atoms with Gasteiger partial charge in [-0.2, -0.15) is 0 Å². The largest absolute Gasteiger partial charge is 0.373 e. The molecule has 142 valence electrons. The van der Waals surface area contributed by atoms with Crippen LogP contribution in [0.1, 0.15) is 27.7 Å². The Hall–Kier alpha value is -1.67. The van der Waals surface area contributed by atoms with Gasteiger partial charge in [0.1, 0.15) is 5.82 Å². The quantitative estimate of drug-likeness (QED) is 0.395. The molecule has 0 aromatic heterocycles. The molecule has 26 heavy (non-hydrogen) atoms. The zero-order valence-electron chi connectivity index (χ0n) is 15.3. The molecule has 0 radical (unpaired) electrons. The second-order valence-electron chi connectivity index (χ2n) is 6.41. The normalized spacial score (nSPS) is 12.2. The molecule has 0 amide bonds. The van der Waals surface area contributed by atoms with Crippen LogP contribution in [0.25, 0.3) is 11.1 Å². The van der Waals surface area contributed by atoms with E-state index in [9.17, 15) is 13.2 Å². The molecular formula is C19H23F3O3Si. The topological polar surface area (TPSA) is 27.7 Å². The highest BCUT2D eigenvalue weighted by molar-refractivity contribution is 6.46. The van der Waals surface area contributed by atoms with Gasteiger partial charge in [-0.15, -0.1) is 0 Å². The number of hydrogen-bond acceptors (Lipinski definition) is 3. The number of halogens is 3. The zero-order chi connectivity index (χ0) is 19.3. The molecule has 0 aliphatic carbocycles. The fourth-order valence-corrected chi connectivity index (χ4v) is 3.16. The summed E-state index contributed by atoms with van der Waals surface area (Å²) in [6.45, 7) is 6.85. The van der Waals surface area contributed by atoms with Crippen LogP contribution in [0.5, 0.6) is 0 Å². The first kappa shape index (κ1) is 20.6. The van der Waals surface area contributed by atoms with Crippen molar-refractivity contribution in [1.29, 1.82) is 0 Å². The molecule has 0 bridgehead atoms. The minimum absolute atomic E-state index is 0.0159. The van der Waals surface area contributed by atoms with Crippen LogP contribution in [0.4, 0.5) is 13.2 Å². The third kappa shape index (κ3) is 5.95. The Labute approximate surface area is 154 Å². The molecule has 0 unspecified atom stereocenters. The smallest absolute Gasteiger partial charge is 0.262 e. The van der Waals surface area contributed by atoms with Crippen molar-refractivity contribution in [3.8, 4) is 11.1 Å². The van der Waals surface area contributed by atoms with Gasteiger partial charge in [0.2, 0.25) is 0 Å². The second-order valence-corrected chi connectivity index (χ2v) is 7.85. The SMILES string of the molecule is CC(C)OC(O[SiH2]c1ccc(-c2cc(F)c(F)cc2F)cc1)OC(C)C. The molecule has 0 saturated heterocycles. The summed E-state index contributed by atoms with van der Waals surface area (Å²) in [5.41, 5.74) is 0.481. The molecular weight excluding hydrogens is 361 g/mol. The Morgan fingerprint density at radius 1 is 0.769 bits per heavy atom. The van der Waals surface area contributed by atoms with Gasteiger partial charge < -0.3 is 13.9 Å². The predicted octanol–water partition coefficient (Wildman–Crippen LogP) is 3.63. The molecule has 0 saturated carbocycles. The first-order valence-electron chi connectivity index (χ1n) is 8.42. The summed E-state index contributed by atoms with van der Waals surface area (Å²) in [5, 5.41) is 0.946. The van der Waals surface area contributed by atoms with E-state index in [0.717, 1.165) is 11.3 Å². The van der Waals surface area contributed by atoms with Crippen molar-refractivity contribution in [1.82, 2.24) is 0 Å². The molecule has 2 rings (SSSR count). The summed E-state index contributed by atoms with van der Waals surface area (Å²) >= 11 is 0. The van der Waals surface area contributed by atoms with E-state index in [0.29, 0.717) is 11.6 Å². The molecule has 0 fully saturated rings. The van der Waals surface area contributed by atoms with Gasteiger partial charge in [-0.05, 0) is 44.5 Å². The maximum Gasteiger partial charge on any atom is 0.262 e. The summed E-state index contributed by atoms with van der Waals surface area (Å²) in [5.74, 6) is -3.09. The van der Waals surface area contributed by atoms with Crippen LogP contribution in [-0.4, -0.2) is 28.4 Å². The van der Waals surface area contributed by atoms with Crippen molar-refractivity contribution < 1.29 is 27.1 Å². The van der Waals surface area contributed by atoms with Gasteiger partial charge in [0.15, 0.2) is 21.4 Å². The first-order valence-corrected chi connectivity index (χ1v) is 9.71. The van der Waals surface area contributed by atoms with E-state index < -0.39 is 33.7 Å². The van der Waals surface area contributed by atoms with Gasteiger partial charge in [-0.1, -0.05) is 24.3 Å². The predicted molar refractivity (Wildman–Crippen MR) is 97.2 cm³/mol. The Morgan fingerprint density at radius 3 is 1.85 bits per heavy atom. The molecule has 0 aliphatic heterocycles. The van der Waals surface area contributed by atoms with E-state index in [1.54, 1.807) is 24.3 Å². The Morgan fingerprint density at radius 2 is 1.31 bits per heavy atom. The van der Waals surface area contributed by atoms with Crippen LogP contribution in [0.2, 0.25) is 0 Å². The van der Waals surface area contributed by atoms with Crippen LogP contribution >= 0.6 is 0 Å². The van der Waals surface area contributed by atoms with E-state index >= 15 is 0 Å². The fourth-order valence-electron chi connectivity index (χ4n) is 2.24. The van der Waals surface area contributed by atoms with Crippen molar-refractivity contribution in [2.24, 2.45) is 0 Å². The van der Waals surface area contributed by atoms with Gasteiger partial charge in [-0.25, -0.2) is 13.2 Å². The lowest BCUT2D eigenvalue weighted by Gasteiger charge is -2.23. The molecule has 0 spiro atoms. The Bertz CT molecular complexity index is 711. The molecule has 3 nitrogen and oxygen atoms in total. The van der Waals surface area contributed by atoms with Crippen LogP contribution < -0.4 is 5.19 Å². The molecule has 2 aromatic rings. The molecule has 0 atom stereocenters. The third-order valence-electron chi connectivity index (χ3n) is 3.43. The van der Waals surface area contributed by atoms with E-state index in [4.69, 9.17) is 13.9 Å². The van der Waals surface area contributed by atoms with Gasteiger partial charge >= 0.3 is 0 Å². The van der Waals surface area contributed by atoms with E-state index in [2.05, 4.69) is 0 Å². The summed E-state index contributed by atoms with van der Waals surface area (Å²) < 4.78 is 57.2.